The molecular weight excluding hydrogens is 652 g/mol. The summed E-state index contributed by atoms with van der Waals surface area (Å²) >= 11 is 0. The number of unbranched alkanes of at least 4 members (excludes halogenated alkanes) is 4. The number of benzene rings is 4. The van der Waals surface area contributed by atoms with E-state index in [-0.39, 0.29) is 18.1 Å². The van der Waals surface area contributed by atoms with Gasteiger partial charge in [-0.25, -0.2) is 0 Å². The number of pyridine rings is 1. The molecule has 0 saturated carbocycles. The van der Waals surface area contributed by atoms with Crippen LogP contribution in [0.5, 0.6) is 5.75 Å². The topological polar surface area (TPSA) is 127 Å². The van der Waals surface area contributed by atoms with Gasteiger partial charge in [0.1, 0.15) is 5.75 Å². The van der Waals surface area contributed by atoms with E-state index in [1.807, 2.05) is 73.7 Å². The Bertz CT molecular complexity index is 1960. The highest BCUT2D eigenvalue weighted by Gasteiger charge is 2.18. The summed E-state index contributed by atoms with van der Waals surface area (Å²) in [6.07, 6.45) is 9.19. The van der Waals surface area contributed by atoms with Crippen LogP contribution in [0.2, 0.25) is 0 Å². The van der Waals surface area contributed by atoms with Gasteiger partial charge in [-0.1, -0.05) is 49.2 Å². The Kier molecular flexibility index (Phi) is 13.8. The SMILES string of the molecule is COc1cccc(Nc2c(C(N)=O)cnc3c(C)cc(Cc4cccc(C(=O)N(C)c5ccc(CCCCOCCCCCCO)cc5)c4)cc23)c1. The zero-order chi connectivity index (χ0) is 36.9. The third-order valence-electron chi connectivity index (χ3n) is 9.24. The first-order valence-corrected chi connectivity index (χ1v) is 18.0. The zero-order valence-corrected chi connectivity index (χ0v) is 30.5. The van der Waals surface area contributed by atoms with Gasteiger partial charge in [-0.05, 0) is 110 Å². The number of fused-ring (bicyclic) bond motifs is 1. The van der Waals surface area contributed by atoms with E-state index in [1.165, 1.54) is 11.8 Å². The molecule has 52 heavy (non-hydrogen) atoms. The van der Waals surface area contributed by atoms with Crippen LogP contribution >= 0.6 is 0 Å². The highest BCUT2D eigenvalue weighted by molar-refractivity contribution is 6.08. The maximum Gasteiger partial charge on any atom is 0.258 e. The van der Waals surface area contributed by atoms with Crippen molar-refractivity contribution in [3.63, 3.8) is 0 Å². The van der Waals surface area contributed by atoms with E-state index in [2.05, 4.69) is 28.5 Å². The molecule has 0 atom stereocenters. The molecule has 5 rings (SSSR count). The fourth-order valence-electron chi connectivity index (χ4n) is 6.38. The smallest absolute Gasteiger partial charge is 0.258 e. The molecule has 1 heterocycles. The maximum absolute atomic E-state index is 13.6. The molecule has 9 heteroatoms. The highest BCUT2D eigenvalue weighted by Crippen LogP contribution is 2.33. The van der Waals surface area contributed by atoms with Crippen molar-refractivity contribution in [1.29, 1.82) is 0 Å². The Hall–Kier alpha value is -5.25. The molecule has 0 radical (unpaired) electrons. The number of aryl methyl sites for hydroxylation is 2. The second-order valence-electron chi connectivity index (χ2n) is 13.2. The van der Waals surface area contributed by atoms with Crippen molar-refractivity contribution in [2.24, 2.45) is 5.73 Å². The summed E-state index contributed by atoms with van der Waals surface area (Å²) in [6.45, 7) is 3.82. The molecule has 1 aromatic heterocycles. The summed E-state index contributed by atoms with van der Waals surface area (Å²) < 4.78 is 11.1. The van der Waals surface area contributed by atoms with E-state index in [0.717, 1.165) is 97.1 Å². The molecule has 5 aromatic rings. The Morgan fingerprint density at radius 3 is 2.35 bits per heavy atom. The summed E-state index contributed by atoms with van der Waals surface area (Å²) in [5.41, 5.74) is 13.8. The van der Waals surface area contributed by atoms with Gasteiger partial charge in [0.15, 0.2) is 0 Å². The molecule has 0 saturated heterocycles. The fraction of sp³-hybridized carbons (Fsp3) is 0.326. The number of hydrogen-bond acceptors (Lipinski definition) is 7. The number of nitrogens with two attached hydrogens (primary N) is 1. The lowest BCUT2D eigenvalue weighted by atomic mass is 9.97. The Morgan fingerprint density at radius 1 is 0.846 bits per heavy atom. The monoisotopic (exact) mass is 702 g/mol. The standard InChI is InChI=1S/C43H50N4O5/c1-30-24-33(27-38-40(30)45-29-39(42(44)49)41(38)46-35-15-11-16-37(28-35)51-3)25-32-13-10-14-34(26-32)43(50)47(2)36-19-17-31(18-20-36)12-6-9-23-52-22-8-5-4-7-21-48/h10-11,13-20,24,26-29,48H,4-9,12,21-23,25H2,1-3H3,(H2,44,49)(H,45,46). The van der Waals surface area contributed by atoms with E-state index in [4.69, 9.17) is 20.3 Å². The molecule has 9 nitrogen and oxygen atoms in total. The van der Waals surface area contributed by atoms with Gasteiger partial charge in [-0.15, -0.1) is 0 Å². The lowest BCUT2D eigenvalue weighted by Gasteiger charge is -2.18. The summed E-state index contributed by atoms with van der Waals surface area (Å²) in [5.74, 6) is 0.0213. The molecule has 2 amide bonds. The predicted molar refractivity (Wildman–Crippen MR) is 209 cm³/mol. The number of primary amides is 1. The highest BCUT2D eigenvalue weighted by atomic mass is 16.5. The van der Waals surface area contributed by atoms with E-state index in [1.54, 1.807) is 19.1 Å². The molecule has 0 aliphatic heterocycles. The number of aromatic nitrogens is 1. The van der Waals surface area contributed by atoms with Gasteiger partial charge in [0.2, 0.25) is 0 Å². The quantitative estimate of drug-likeness (QED) is 0.0742. The number of carbonyl (C=O) groups is 2. The van der Waals surface area contributed by atoms with Crippen molar-refractivity contribution in [2.75, 3.05) is 44.2 Å². The van der Waals surface area contributed by atoms with Crippen molar-refractivity contribution in [2.45, 2.75) is 58.3 Å². The van der Waals surface area contributed by atoms with Crippen LogP contribution in [0.1, 0.15) is 81.5 Å². The van der Waals surface area contributed by atoms with Crippen LogP contribution in [0.15, 0.2) is 91.1 Å². The number of anilines is 3. The largest absolute Gasteiger partial charge is 0.497 e. The third kappa shape index (κ3) is 10.2. The van der Waals surface area contributed by atoms with Crippen LogP contribution in [-0.2, 0) is 17.6 Å². The first-order chi connectivity index (χ1) is 25.3. The lowest BCUT2D eigenvalue weighted by molar-refractivity contribution is 0.0988. The van der Waals surface area contributed by atoms with Crippen LogP contribution in [-0.4, -0.2) is 55.9 Å². The first-order valence-electron chi connectivity index (χ1n) is 18.0. The first kappa shape index (κ1) is 38.0. The number of carbonyl (C=O) groups excluding carboxylic acids is 2. The van der Waals surface area contributed by atoms with E-state index < -0.39 is 5.91 Å². The minimum Gasteiger partial charge on any atom is -0.497 e. The van der Waals surface area contributed by atoms with Crippen LogP contribution in [0.4, 0.5) is 17.1 Å². The molecule has 0 unspecified atom stereocenters. The predicted octanol–water partition coefficient (Wildman–Crippen LogP) is 8.15. The number of rotatable bonds is 19. The van der Waals surface area contributed by atoms with Gasteiger partial charge < -0.3 is 30.5 Å². The summed E-state index contributed by atoms with van der Waals surface area (Å²) in [7, 11) is 3.41. The van der Waals surface area contributed by atoms with Gasteiger partial charge in [0.25, 0.3) is 11.8 Å². The summed E-state index contributed by atoms with van der Waals surface area (Å²) in [5, 5.41) is 13.0. The van der Waals surface area contributed by atoms with Gasteiger partial charge in [0, 0.05) is 61.5 Å². The van der Waals surface area contributed by atoms with Gasteiger partial charge in [-0.2, -0.15) is 0 Å². The maximum atomic E-state index is 13.6. The van der Waals surface area contributed by atoms with Crippen LogP contribution < -0.4 is 20.7 Å². The number of aliphatic hydroxyl groups excluding tert-OH is 1. The van der Waals surface area contributed by atoms with Crippen molar-refractivity contribution < 1.29 is 24.2 Å². The molecule has 4 aromatic carbocycles. The Labute approximate surface area is 306 Å². The Morgan fingerprint density at radius 2 is 1.60 bits per heavy atom. The van der Waals surface area contributed by atoms with Gasteiger partial charge in [0.05, 0.1) is 23.9 Å². The van der Waals surface area contributed by atoms with E-state index in [9.17, 15) is 9.59 Å². The Balaban J connectivity index is 1.24. The van der Waals surface area contributed by atoms with Gasteiger partial charge >= 0.3 is 0 Å². The molecule has 0 aliphatic rings. The zero-order valence-electron chi connectivity index (χ0n) is 30.5. The number of nitrogens with one attached hydrogen (secondary N) is 1. The van der Waals surface area contributed by atoms with Crippen molar-refractivity contribution in [1.82, 2.24) is 4.98 Å². The number of methoxy groups -OCH3 is 1. The van der Waals surface area contributed by atoms with Crippen molar-refractivity contribution in [3.05, 3.63) is 125 Å². The lowest BCUT2D eigenvalue weighted by Crippen LogP contribution is -2.26. The molecule has 0 spiro atoms. The second-order valence-corrected chi connectivity index (χ2v) is 13.2. The minimum atomic E-state index is -0.577. The normalized spacial score (nSPS) is 11.1. The van der Waals surface area contributed by atoms with Crippen molar-refractivity contribution in [3.8, 4) is 5.75 Å². The molecule has 272 valence electrons. The number of ether oxygens (including phenoxy) is 2. The van der Waals surface area contributed by atoms with Crippen LogP contribution in [0.3, 0.4) is 0 Å². The second kappa shape index (κ2) is 18.8. The van der Waals surface area contributed by atoms with Crippen LogP contribution in [0.25, 0.3) is 10.9 Å². The molecular formula is C43H50N4O5. The summed E-state index contributed by atoms with van der Waals surface area (Å²) in [6, 6.07) is 27.5. The summed E-state index contributed by atoms with van der Waals surface area (Å²) in [4.78, 5) is 32.4. The number of nitrogens with zero attached hydrogens (tertiary/aromatic N) is 2. The average Bonchev–Trinajstić information content (AvgIpc) is 3.15. The van der Waals surface area contributed by atoms with E-state index >= 15 is 0 Å². The number of hydrogen-bond donors (Lipinski definition) is 3. The van der Waals surface area contributed by atoms with Gasteiger partial charge in [-0.3, -0.25) is 14.6 Å². The minimum absolute atomic E-state index is 0.0853. The molecule has 0 bridgehead atoms. The number of amides is 2. The molecule has 0 aliphatic carbocycles. The van der Waals surface area contributed by atoms with Crippen molar-refractivity contribution >= 4 is 39.8 Å². The van der Waals surface area contributed by atoms with Crippen LogP contribution in [0, 0.1) is 6.92 Å². The van der Waals surface area contributed by atoms with E-state index in [0.29, 0.717) is 23.4 Å². The number of aliphatic hydroxyl groups is 1. The molecule has 4 N–H and O–H groups in total. The fourth-order valence-corrected chi connectivity index (χ4v) is 6.38. The average molecular weight is 703 g/mol. The third-order valence-corrected chi connectivity index (χ3v) is 9.24. The molecule has 0 fully saturated rings.